The van der Waals surface area contributed by atoms with Gasteiger partial charge in [0.05, 0.1) is 18.3 Å². The number of amides is 1. The van der Waals surface area contributed by atoms with Gasteiger partial charge in [-0.2, -0.15) is 5.10 Å². The maximum Gasteiger partial charge on any atom is 0.270 e. The van der Waals surface area contributed by atoms with Crippen molar-refractivity contribution in [1.29, 1.82) is 0 Å². The van der Waals surface area contributed by atoms with E-state index in [1.165, 1.54) is 0 Å². The number of hydrogen-bond acceptors (Lipinski definition) is 5. The maximum atomic E-state index is 13.1. The summed E-state index contributed by atoms with van der Waals surface area (Å²) in [6, 6.07) is 20.3. The fourth-order valence-electron chi connectivity index (χ4n) is 3.89. The molecule has 0 aliphatic carbocycles. The van der Waals surface area contributed by atoms with Gasteiger partial charge in [0.15, 0.2) is 0 Å². The zero-order valence-electron chi connectivity index (χ0n) is 15.9. The number of anilines is 1. The normalized spacial score (nSPS) is 20.3. The van der Waals surface area contributed by atoms with Crippen LogP contribution in [0.15, 0.2) is 65.8 Å². The molecule has 2 aliphatic rings. The Bertz CT molecular complexity index is 817. The third kappa shape index (κ3) is 3.93. The van der Waals surface area contributed by atoms with E-state index in [1.807, 2.05) is 58.4 Å². The number of aliphatic hydroxyl groups excluding tert-OH is 1. The Morgan fingerprint density at radius 3 is 2.25 bits per heavy atom. The number of rotatable bonds is 5. The Kier molecular flexibility index (Phi) is 5.69. The third-order valence-electron chi connectivity index (χ3n) is 5.44. The molecule has 146 valence electrons. The second-order valence-corrected chi connectivity index (χ2v) is 7.21. The first-order valence-electron chi connectivity index (χ1n) is 9.85. The lowest BCUT2D eigenvalue weighted by Crippen LogP contribution is -2.50. The van der Waals surface area contributed by atoms with Crippen LogP contribution in [0.4, 0.5) is 5.69 Å². The van der Waals surface area contributed by atoms with Gasteiger partial charge in [-0.15, -0.1) is 0 Å². The van der Waals surface area contributed by atoms with Crippen LogP contribution in [0.5, 0.6) is 0 Å². The van der Waals surface area contributed by atoms with Gasteiger partial charge in [0.2, 0.25) is 0 Å². The standard InChI is InChI=1S/C22H26N4O2/c27-16-15-24-11-13-25(14-12-24)22(28)20-17-21(18-7-3-1-4-8-18)26(23-20)19-9-5-2-6-10-19/h1-10,21,27H,11-17H2. The van der Waals surface area contributed by atoms with E-state index in [2.05, 4.69) is 17.0 Å². The number of hydrogen-bond donors (Lipinski definition) is 1. The smallest absolute Gasteiger partial charge is 0.270 e. The Balaban J connectivity index is 1.53. The van der Waals surface area contributed by atoms with E-state index in [-0.39, 0.29) is 18.6 Å². The number of para-hydroxylation sites is 1. The zero-order valence-corrected chi connectivity index (χ0v) is 15.9. The van der Waals surface area contributed by atoms with Crippen LogP contribution in [0.2, 0.25) is 0 Å². The van der Waals surface area contributed by atoms with Crippen molar-refractivity contribution in [3.05, 3.63) is 66.2 Å². The summed E-state index contributed by atoms with van der Waals surface area (Å²) in [6.45, 7) is 3.78. The Morgan fingerprint density at radius 1 is 0.964 bits per heavy atom. The number of nitrogens with zero attached hydrogens (tertiary/aromatic N) is 4. The van der Waals surface area contributed by atoms with Crippen LogP contribution in [0.3, 0.4) is 0 Å². The summed E-state index contributed by atoms with van der Waals surface area (Å²) >= 11 is 0. The van der Waals surface area contributed by atoms with Crippen molar-refractivity contribution in [2.45, 2.75) is 12.5 Å². The van der Waals surface area contributed by atoms with Gasteiger partial charge in [0.25, 0.3) is 5.91 Å². The first-order chi connectivity index (χ1) is 13.8. The molecule has 2 aromatic carbocycles. The Labute approximate surface area is 165 Å². The van der Waals surface area contributed by atoms with Crippen molar-refractivity contribution in [3.63, 3.8) is 0 Å². The van der Waals surface area contributed by atoms with Crippen LogP contribution >= 0.6 is 0 Å². The van der Waals surface area contributed by atoms with Gasteiger partial charge in [0.1, 0.15) is 5.71 Å². The molecule has 1 amide bonds. The molecule has 1 atom stereocenters. The molecular formula is C22H26N4O2. The predicted molar refractivity (Wildman–Crippen MR) is 110 cm³/mol. The largest absolute Gasteiger partial charge is 0.395 e. The van der Waals surface area contributed by atoms with Crippen molar-refractivity contribution in [1.82, 2.24) is 9.80 Å². The molecule has 2 aromatic rings. The van der Waals surface area contributed by atoms with Crippen molar-refractivity contribution in [2.24, 2.45) is 5.10 Å². The van der Waals surface area contributed by atoms with Crippen LogP contribution < -0.4 is 5.01 Å². The summed E-state index contributed by atoms with van der Waals surface area (Å²) in [4.78, 5) is 17.2. The summed E-state index contributed by atoms with van der Waals surface area (Å²) in [5, 5.41) is 15.8. The fourth-order valence-corrected chi connectivity index (χ4v) is 3.89. The van der Waals surface area contributed by atoms with E-state index in [0.29, 0.717) is 31.8 Å². The highest BCUT2D eigenvalue weighted by molar-refractivity contribution is 6.39. The molecule has 1 saturated heterocycles. The molecule has 1 fully saturated rings. The minimum absolute atomic E-state index is 0.0261. The molecule has 0 spiro atoms. The number of carbonyl (C=O) groups excluding carboxylic acids is 1. The summed E-state index contributed by atoms with van der Waals surface area (Å²) in [5.41, 5.74) is 2.77. The lowest BCUT2D eigenvalue weighted by atomic mass is 10.0. The monoisotopic (exact) mass is 378 g/mol. The van der Waals surface area contributed by atoms with Gasteiger partial charge in [-0.05, 0) is 17.7 Å². The summed E-state index contributed by atoms with van der Waals surface area (Å²) in [6.07, 6.45) is 0.606. The first-order valence-corrected chi connectivity index (χ1v) is 9.85. The average Bonchev–Trinajstić information content (AvgIpc) is 3.21. The number of hydrazone groups is 1. The number of β-amino-alcohol motifs (C(OH)–C–C–N with tert-alkyl or cyclic N) is 1. The van der Waals surface area contributed by atoms with E-state index in [1.54, 1.807) is 0 Å². The van der Waals surface area contributed by atoms with Crippen LogP contribution in [0.25, 0.3) is 0 Å². The summed E-state index contributed by atoms with van der Waals surface area (Å²) < 4.78 is 0. The molecule has 2 heterocycles. The zero-order chi connectivity index (χ0) is 19.3. The molecule has 6 heteroatoms. The number of benzene rings is 2. The maximum absolute atomic E-state index is 13.1. The Hall–Kier alpha value is -2.70. The van der Waals surface area contributed by atoms with E-state index < -0.39 is 0 Å². The van der Waals surface area contributed by atoms with E-state index in [4.69, 9.17) is 10.2 Å². The molecule has 28 heavy (non-hydrogen) atoms. The number of piperazine rings is 1. The molecule has 1 unspecified atom stereocenters. The van der Waals surface area contributed by atoms with Gasteiger partial charge in [-0.25, -0.2) is 0 Å². The van der Waals surface area contributed by atoms with Crippen LogP contribution in [0.1, 0.15) is 18.0 Å². The van der Waals surface area contributed by atoms with E-state index in [0.717, 1.165) is 24.3 Å². The van der Waals surface area contributed by atoms with Crippen molar-refractivity contribution < 1.29 is 9.90 Å². The highest BCUT2D eigenvalue weighted by atomic mass is 16.3. The highest BCUT2D eigenvalue weighted by Gasteiger charge is 2.34. The molecule has 1 N–H and O–H groups in total. The van der Waals surface area contributed by atoms with Crippen molar-refractivity contribution in [2.75, 3.05) is 44.3 Å². The lowest BCUT2D eigenvalue weighted by molar-refractivity contribution is -0.125. The molecule has 6 nitrogen and oxygen atoms in total. The van der Waals surface area contributed by atoms with Crippen LogP contribution in [-0.2, 0) is 4.79 Å². The first kappa shape index (κ1) is 18.7. The minimum Gasteiger partial charge on any atom is -0.395 e. The molecule has 0 bridgehead atoms. The van der Waals surface area contributed by atoms with Gasteiger partial charge in [-0.1, -0.05) is 48.5 Å². The molecule has 2 aliphatic heterocycles. The quantitative estimate of drug-likeness (QED) is 0.866. The lowest BCUT2D eigenvalue weighted by Gasteiger charge is -2.34. The number of carbonyl (C=O) groups is 1. The second-order valence-electron chi connectivity index (χ2n) is 7.21. The van der Waals surface area contributed by atoms with Gasteiger partial charge in [0, 0.05) is 39.1 Å². The van der Waals surface area contributed by atoms with Crippen LogP contribution in [0, 0.1) is 0 Å². The fraction of sp³-hybridized carbons (Fsp3) is 0.364. The van der Waals surface area contributed by atoms with Crippen molar-refractivity contribution in [3.8, 4) is 0 Å². The second kappa shape index (κ2) is 8.54. The third-order valence-corrected chi connectivity index (χ3v) is 5.44. The van der Waals surface area contributed by atoms with Gasteiger partial charge in [-0.3, -0.25) is 14.7 Å². The molecule has 0 aromatic heterocycles. The highest BCUT2D eigenvalue weighted by Crippen LogP contribution is 2.35. The average molecular weight is 378 g/mol. The van der Waals surface area contributed by atoms with Crippen LogP contribution in [-0.4, -0.2) is 65.9 Å². The van der Waals surface area contributed by atoms with Crippen molar-refractivity contribution >= 4 is 17.3 Å². The summed E-state index contributed by atoms with van der Waals surface area (Å²) in [7, 11) is 0. The predicted octanol–water partition coefficient (Wildman–Crippen LogP) is 2.13. The SMILES string of the molecule is O=C(C1=NN(c2ccccc2)C(c2ccccc2)C1)N1CCN(CCO)CC1. The number of aliphatic hydroxyl groups is 1. The summed E-state index contributed by atoms with van der Waals surface area (Å²) in [5.74, 6) is 0.0306. The van der Waals surface area contributed by atoms with E-state index >= 15 is 0 Å². The minimum atomic E-state index is 0.0261. The topological polar surface area (TPSA) is 59.4 Å². The van der Waals surface area contributed by atoms with E-state index in [9.17, 15) is 4.79 Å². The van der Waals surface area contributed by atoms with Gasteiger partial charge >= 0.3 is 0 Å². The van der Waals surface area contributed by atoms with Gasteiger partial charge < -0.3 is 10.0 Å². The molecular weight excluding hydrogens is 352 g/mol. The molecule has 0 radical (unpaired) electrons. The Morgan fingerprint density at radius 2 is 1.61 bits per heavy atom. The molecule has 4 rings (SSSR count). The molecule has 0 saturated carbocycles.